The van der Waals surface area contributed by atoms with Gasteiger partial charge < -0.3 is 10.6 Å². The van der Waals surface area contributed by atoms with Gasteiger partial charge >= 0.3 is 0 Å². The summed E-state index contributed by atoms with van der Waals surface area (Å²) in [6, 6.07) is 8.46. The Bertz CT molecular complexity index is 498. The van der Waals surface area contributed by atoms with Crippen LogP contribution in [-0.2, 0) is 6.42 Å². The Balaban J connectivity index is 1.83. The van der Waals surface area contributed by atoms with Crippen LogP contribution in [0.5, 0.6) is 0 Å². The van der Waals surface area contributed by atoms with E-state index in [4.69, 9.17) is 5.73 Å². The number of nitrogens with two attached hydrogens (primary N) is 1. The number of hydrogen-bond acceptors (Lipinski definition) is 2. The first-order valence-electron chi connectivity index (χ1n) is 8.40. The molecule has 1 saturated heterocycles. The summed E-state index contributed by atoms with van der Waals surface area (Å²) in [4.78, 5) is 15.2. The van der Waals surface area contributed by atoms with E-state index in [1.807, 2.05) is 24.3 Å². The quantitative estimate of drug-likeness (QED) is 0.928. The molecule has 114 valence electrons. The molecule has 1 amide bonds. The molecule has 1 aromatic carbocycles. The van der Waals surface area contributed by atoms with Gasteiger partial charge in [0.25, 0.3) is 5.91 Å². The maximum absolute atomic E-state index is 13.0. The average molecular weight is 286 g/mol. The molecule has 0 radical (unpaired) electrons. The number of likely N-dealkylation sites (tertiary alicyclic amines) is 1. The number of rotatable bonds is 3. The van der Waals surface area contributed by atoms with E-state index in [2.05, 4.69) is 4.90 Å². The van der Waals surface area contributed by atoms with E-state index in [0.29, 0.717) is 12.6 Å². The zero-order valence-corrected chi connectivity index (χ0v) is 12.8. The molecule has 2 fully saturated rings. The molecule has 1 saturated carbocycles. The second-order valence-electron chi connectivity index (χ2n) is 6.45. The Morgan fingerprint density at radius 3 is 2.76 bits per heavy atom. The molecule has 3 rings (SSSR count). The Hall–Kier alpha value is -1.35. The molecule has 1 aliphatic carbocycles. The number of nitrogens with zero attached hydrogens (tertiary/aromatic N) is 1. The van der Waals surface area contributed by atoms with Crippen LogP contribution in [0, 0.1) is 5.92 Å². The van der Waals surface area contributed by atoms with Gasteiger partial charge in [-0.15, -0.1) is 0 Å². The lowest BCUT2D eigenvalue weighted by molar-refractivity contribution is 0.0389. The van der Waals surface area contributed by atoms with E-state index in [1.165, 1.54) is 32.1 Å². The number of amides is 1. The Labute approximate surface area is 127 Å². The minimum atomic E-state index is 0.232. The molecule has 3 nitrogen and oxygen atoms in total. The van der Waals surface area contributed by atoms with Crippen LogP contribution in [-0.4, -0.2) is 29.9 Å². The summed E-state index contributed by atoms with van der Waals surface area (Å²) in [5.41, 5.74) is 7.66. The van der Waals surface area contributed by atoms with Gasteiger partial charge in [0.15, 0.2) is 0 Å². The van der Waals surface area contributed by atoms with Crippen LogP contribution < -0.4 is 5.73 Å². The summed E-state index contributed by atoms with van der Waals surface area (Å²) in [5, 5.41) is 0. The number of fused-ring (bicyclic) bond motifs is 1. The summed E-state index contributed by atoms with van der Waals surface area (Å²) in [6.07, 6.45) is 8.35. The SMILES string of the molecule is NCCc1ccccc1C(=O)N1CCCC2CCCCC21. The van der Waals surface area contributed by atoms with E-state index >= 15 is 0 Å². The van der Waals surface area contributed by atoms with Gasteiger partial charge in [-0.05, 0) is 56.2 Å². The normalized spacial score (nSPS) is 25.5. The van der Waals surface area contributed by atoms with Crippen molar-refractivity contribution < 1.29 is 4.79 Å². The van der Waals surface area contributed by atoms with Gasteiger partial charge in [0, 0.05) is 18.2 Å². The molecule has 2 aliphatic rings. The highest BCUT2D eigenvalue weighted by molar-refractivity contribution is 5.96. The molecular formula is C18H26N2O. The van der Waals surface area contributed by atoms with E-state index in [1.54, 1.807) is 0 Å². The lowest BCUT2D eigenvalue weighted by Gasteiger charge is -2.44. The first-order valence-corrected chi connectivity index (χ1v) is 8.40. The average Bonchev–Trinajstić information content (AvgIpc) is 2.54. The van der Waals surface area contributed by atoms with Crippen LogP contribution in [0.3, 0.4) is 0 Å². The van der Waals surface area contributed by atoms with E-state index < -0.39 is 0 Å². The zero-order chi connectivity index (χ0) is 14.7. The van der Waals surface area contributed by atoms with Crippen molar-refractivity contribution in [1.82, 2.24) is 4.90 Å². The predicted molar refractivity (Wildman–Crippen MR) is 85.2 cm³/mol. The van der Waals surface area contributed by atoms with Gasteiger partial charge in [-0.1, -0.05) is 31.0 Å². The fourth-order valence-electron chi connectivity index (χ4n) is 4.13. The topological polar surface area (TPSA) is 46.3 Å². The van der Waals surface area contributed by atoms with Crippen LogP contribution in [0.2, 0.25) is 0 Å². The highest BCUT2D eigenvalue weighted by Gasteiger charge is 2.36. The Morgan fingerprint density at radius 2 is 1.90 bits per heavy atom. The molecule has 0 aromatic heterocycles. The van der Waals surface area contributed by atoms with E-state index in [0.717, 1.165) is 36.4 Å². The number of benzene rings is 1. The number of carbonyl (C=O) groups is 1. The predicted octanol–water partition coefficient (Wildman–Crippen LogP) is 2.98. The molecule has 3 heteroatoms. The summed E-state index contributed by atoms with van der Waals surface area (Å²) >= 11 is 0. The van der Waals surface area contributed by atoms with Gasteiger partial charge in [0.2, 0.25) is 0 Å². The molecule has 0 spiro atoms. The third kappa shape index (κ3) is 2.98. The molecule has 2 atom stereocenters. The molecule has 2 N–H and O–H groups in total. The maximum atomic E-state index is 13.0. The van der Waals surface area contributed by atoms with Gasteiger partial charge in [-0.25, -0.2) is 0 Å². The molecule has 1 heterocycles. The molecule has 1 aliphatic heterocycles. The van der Waals surface area contributed by atoms with Crippen LogP contribution in [0.15, 0.2) is 24.3 Å². The number of piperidine rings is 1. The van der Waals surface area contributed by atoms with E-state index in [9.17, 15) is 4.79 Å². The summed E-state index contributed by atoms with van der Waals surface area (Å²) in [7, 11) is 0. The van der Waals surface area contributed by atoms with Crippen LogP contribution in [0.1, 0.15) is 54.4 Å². The monoisotopic (exact) mass is 286 g/mol. The van der Waals surface area contributed by atoms with Gasteiger partial charge in [-0.3, -0.25) is 4.79 Å². The molecule has 0 bridgehead atoms. The Morgan fingerprint density at radius 1 is 1.14 bits per heavy atom. The van der Waals surface area contributed by atoms with Gasteiger partial charge in [-0.2, -0.15) is 0 Å². The first kappa shape index (κ1) is 14.6. The van der Waals surface area contributed by atoms with Crippen molar-refractivity contribution in [3.63, 3.8) is 0 Å². The van der Waals surface area contributed by atoms with Crippen molar-refractivity contribution in [1.29, 1.82) is 0 Å². The lowest BCUT2D eigenvalue weighted by atomic mass is 9.78. The highest BCUT2D eigenvalue weighted by Crippen LogP contribution is 2.36. The lowest BCUT2D eigenvalue weighted by Crippen LogP contribution is -2.49. The largest absolute Gasteiger partial charge is 0.335 e. The summed E-state index contributed by atoms with van der Waals surface area (Å²) < 4.78 is 0. The minimum absolute atomic E-state index is 0.232. The fraction of sp³-hybridized carbons (Fsp3) is 0.611. The van der Waals surface area contributed by atoms with Crippen LogP contribution in [0.25, 0.3) is 0 Å². The molecule has 1 aromatic rings. The van der Waals surface area contributed by atoms with Crippen molar-refractivity contribution in [3.8, 4) is 0 Å². The van der Waals surface area contributed by atoms with Crippen molar-refractivity contribution >= 4 is 5.91 Å². The van der Waals surface area contributed by atoms with Gasteiger partial charge in [0.1, 0.15) is 0 Å². The second kappa shape index (κ2) is 6.61. The first-order chi connectivity index (χ1) is 10.3. The minimum Gasteiger partial charge on any atom is -0.335 e. The third-order valence-corrected chi connectivity index (χ3v) is 5.17. The number of carbonyl (C=O) groups excluding carboxylic acids is 1. The maximum Gasteiger partial charge on any atom is 0.254 e. The van der Waals surface area contributed by atoms with Crippen LogP contribution >= 0.6 is 0 Å². The summed E-state index contributed by atoms with van der Waals surface area (Å²) in [5.74, 6) is 0.966. The van der Waals surface area contributed by atoms with Crippen molar-refractivity contribution in [2.75, 3.05) is 13.1 Å². The fourth-order valence-corrected chi connectivity index (χ4v) is 4.13. The van der Waals surface area contributed by atoms with Gasteiger partial charge in [0.05, 0.1) is 0 Å². The van der Waals surface area contributed by atoms with E-state index in [-0.39, 0.29) is 5.91 Å². The summed E-state index contributed by atoms with van der Waals surface area (Å²) in [6.45, 7) is 1.52. The smallest absolute Gasteiger partial charge is 0.254 e. The second-order valence-corrected chi connectivity index (χ2v) is 6.45. The molecule has 2 unspecified atom stereocenters. The Kier molecular flexibility index (Phi) is 4.59. The highest BCUT2D eigenvalue weighted by atomic mass is 16.2. The zero-order valence-electron chi connectivity index (χ0n) is 12.8. The number of hydrogen-bond donors (Lipinski definition) is 1. The van der Waals surface area contributed by atoms with Crippen molar-refractivity contribution in [3.05, 3.63) is 35.4 Å². The van der Waals surface area contributed by atoms with Crippen LogP contribution in [0.4, 0.5) is 0 Å². The third-order valence-electron chi connectivity index (χ3n) is 5.17. The van der Waals surface area contributed by atoms with Crippen molar-refractivity contribution in [2.45, 2.75) is 51.0 Å². The molecule has 21 heavy (non-hydrogen) atoms. The van der Waals surface area contributed by atoms with Crippen molar-refractivity contribution in [2.24, 2.45) is 11.7 Å². The molecular weight excluding hydrogens is 260 g/mol. The standard InChI is InChI=1S/C18H26N2O/c19-12-11-14-6-1-3-9-16(14)18(21)20-13-5-8-15-7-2-4-10-17(15)20/h1,3,6,9,15,17H,2,4-5,7-8,10-13,19H2.